The second-order valence-electron chi connectivity index (χ2n) is 9.59. The Hall–Kier alpha value is -2.42. The number of hydrogen-bond donors (Lipinski definition) is 1. The summed E-state index contributed by atoms with van der Waals surface area (Å²) >= 11 is 5.95. The summed E-state index contributed by atoms with van der Waals surface area (Å²) < 4.78 is 42.8. The van der Waals surface area contributed by atoms with Gasteiger partial charge < -0.3 is 9.88 Å². The molecule has 0 saturated heterocycles. The molecular weight excluding hydrogens is 487 g/mol. The zero-order valence-electron chi connectivity index (χ0n) is 19.5. The molecule has 1 atom stereocenters. The van der Waals surface area contributed by atoms with E-state index in [1.54, 1.807) is 6.33 Å². The van der Waals surface area contributed by atoms with Crippen LogP contribution in [-0.2, 0) is 23.1 Å². The molecule has 1 saturated carbocycles. The average molecular weight is 517 g/mol. The zero-order chi connectivity index (χ0) is 24.4. The third-order valence-electron chi connectivity index (χ3n) is 7.31. The average Bonchev–Trinajstić information content (AvgIpc) is 3.53. The second kappa shape index (κ2) is 10.3. The number of H-pyrrole nitrogens is 1. The molecule has 0 spiro atoms. The number of sulfonamides is 1. The minimum atomic E-state index is -3.89. The van der Waals surface area contributed by atoms with Crippen LogP contribution in [0.1, 0.15) is 49.8 Å². The van der Waals surface area contributed by atoms with Crippen molar-refractivity contribution in [2.45, 2.75) is 62.6 Å². The summed E-state index contributed by atoms with van der Waals surface area (Å²) in [5.41, 5.74) is 2.95. The van der Waals surface area contributed by atoms with E-state index in [1.807, 2.05) is 24.4 Å². The van der Waals surface area contributed by atoms with Crippen LogP contribution in [0.4, 0.5) is 10.1 Å². The van der Waals surface area contributed by atoms with Gasteiger partial charge in [-0.3, -0.25) is 0 Å². The quantitative estimate of drug-likeness (QED) is 0.434. The first-order valence-electron chi connectivity index (χ1n) is 12.2. The van der Waals surface area contributed by atoms with E-state index in [0.29, 0.717) is 19.0 Å². The van der Waals surface area contributed by atoms with E-state index in [0.717, 1.165) is 35.9 Å². The summed E-state index contributed by atoms with van der Waals surface area (Å²) in [6, 6.07) is 11.6. The number of hydrogen-bond acceptors (Lipinski definition) is 4. The van der Waals surface area contributed by atoms with Crippen LogP contribution < -0.4 is 4.90 Å². The lowest BCUT2D eigenvalue weighted by molar-refractivity contribution is 0.350. The maximum absolute atomic E-state index is 13.8. The molecule has 0 bridgehead atoms. The fourth-order valence-electron chi connectivity index (χ4n) is 5.42. The van der Waals surface area contributed by atoms with Crippen molar-refractivity contribution in [1.29, 1.82) is 0 Å². The van der Waals surface area contributed by atoms with Crippen LogP contribution in [0.2, 0.25) is 5.02 Å². The number of halogens is 2. The molecule has 2 heterocycles. The third kappa shape index (κ3) is 5.25. The molecule has 186 valence electrons. The first-order valence-corrected chi connectivity index (χ1v) is 14.0. The molecule has 0 radical (unpaired) electrons. The standard InChI is InChI=1S/C26H30ClFN4O2S/c27-24-13-23(11-12-25(24)28)35(33,34)31-15-20-7-3-4-8-26(20)32(16-21-14-29-18-30-21)22(17-31)10-9-19-5-1-2-6-19/h3-4,7-8,11-14,18-19,22H,1-2,5-6,9-10,15-17H2,(H,29,30)/t22-/m1/s1. The van der Waals surface area contributed by atoms with E-state index in [1.165, 1.54) is 42.1 Å². The van der Waals surface area contributed by atoms with Gasteiger partial charge in [0.05, 0.1) is 28.5 Å². The fourth-order valence-corrected chi connectivity index (χ4v) is 7.15. The van der Waals surface area contributed by atoms with Gasteiger partial charge in [0.1, 0.15) is 5.82 Å². The molecule has 2 aliphatic rings. The number of anilines is 1. The van der Waals surface area contributed by atoms with Gasteiger partial charge in [0, 0.05) is 31.0 Å². The zero-order valence-corrected chi connectivity index (χ0v) is 21.1. The van der Waals surface area contributed by atoms with Crippen LogP contribution in [0.25, 0.3) is 0 Å². The lowest BCUT2D eigenvalue weighted by Gasteiger charge is -2.34. The Morgan fingerprint density at radius 3 is 2.66 bits per heavy atom. The number of imidazole rings is 1. The van der Waals surface area contributed by atoms with Crippen molar-refractivity contribution < 1.29 is 12.8 Å². The van der Waals surface area contributed by atoms with Crippen LogP contribution in [0, 0.1) is 11.7 Å². The van der Waals surface area contributed by atoms with Gasteiger partial charge in [-0.2, -0.15) is 4.31 Å². The Morgan fingerprint density at radius 2 is 1.91 bits per heavy atom. The van der Waals surface area contributed by atoms with Gasteiger partial charge in [-0.15, -0.1) is 0 Å². The molecule has 1 N–H and O–H groups in total. The van der Waals surface area contributed by atoms with Crippen molar-refractivity contribution in [3.05, 3.63) is 77.1 Å². The van der Waals surface area contributed by atoms with Gasteiger partial charge in [0.25, 0.3) is 0 Å². The van der Waals surface area contributed by atoms with Crippen LogP contribution in [0.5, 0.6) is 0 Å². The predicted octanol–water partition coefficient (Wildman–Crippen LogP) is 5.75. The molecule has 5 rings (SSSR count). The number of nitrogens with one attached hydrogen (secondary N) is 1. The highest BCUT2D eigenvalue weighted by atomic mass is 35.5. The van der Waals surface area contributed by atoms with Gasteiger partial charge in [0.2, 0.25) is 10.0 Å². The van der Waals surface area contributed by atoms with E-state index in [4.69, 9.17) is 11.6 Å². The largest absolute Gasteiger partial charge is 0.361 e. The van der Waals surface area contributed by atoms with Gasteiger partial charge in [-0.1, -0.05) is 55.5 Å². The predicted molar refractivity (Wildman–Crippen MR) is 135 cm³/mol. The van der Waals surface area contributed by atoms with Crippen molar-refractivity contribution in [2.75, 3.05) is 11.4 Å². The van der Waals surface area contributed by atoms with Crippen LogP contribution in [0.15, 0.2) is 59.9 Å². The molecule has 35 heavy (non-hydrogen) atoms. The van der Waals surface area contributed by atoms with E-state index >= 15 is 0 Å². The maximum Gasteiger partial charge on any atom is 0.243 e. The molecule has 1 fully saturated rings. The molecule has 9 heteroatoms. The molecule has 6 nitrogen and oxygen atoms in total. The van der Waals surface area contributed by atoms with Crippen molar-refractivity contribution >= 4 is 27.3 Å². The summed E-state index contributed by atoms with van der Waals surface area (Å²) in [5, 5.41) is -0.194. The van der Waals surface area contributed by atoms with Crippen LogP contribution >= 0.6 is 11.6 Å². The Morgan fingerprint density at radius 1 is 1.11 bits per heavy atom. The maximum atomic E-state index is 13.8. The molecule has 0 unspecified atom stereocenters. The number of rotatable bonds is 7. The van der Waals surface area contributed by atoms with Gasteiger partial charge >= 0.3 is 0 Å². The molecule has 2 aromatic carbocycles. The first-order chi connectivity index (χ1) is 16.9. The smallest absolute Gasteiger partial charge is 0.243 e. The number of nitrogens with zero attached hydrogens (tertiary/aromatic N) is 3. The minimum absolute atomic E-state index is 0.0120. The van der Waals surface area contributed by atoms with Crippen LogP contribution in [-0.4, -0.2) is 35.3 Å². The molecule has 1 aliphatic carbocycles. The highest BCUT2D eigenvalue weighted by Crippen LogP contribution is 2.36. The Labute approximate surface area is 211 Å². The number of fused-ring (bicyclic) bond motifs is 1. The summed E-state index contributed by atoms with van der Waals surface area (Å²) in [6.07, 6.45) is 10.5. The minimum Gasteiger partial charge on any atom is -0.361 e. The van der Waals surface area contributed by atoms with Crippen molar-refractivity contribution in [3.8, 4) is 0 Å². The van der Waals surface area contributed by atoms with Crippen LogP contribution in [0.3, 0.4) is 0 Å². The topological polar surface area (TPSA) is 69.3 Å². The van der Waals surface area contributed by atoms with E-state index in [-0.39, 0.29) is 22.5 Å². The third-order valence-corrected chi connectivity index (χ3v) is 9.41. The van der Waals surface area contributed by atoms with Gasteiger partial charge in [-0.05, 0) is 48.6 Å². The highest BCUT2D eigenvalue weighted by molar-refractivity contribution is 7.89. The monoisotopic (exact) mass is 516 g/mol. The van der Waals surface area contributed by atoms with Gasteiger partial charge in [-0.25, -0.2) is 17.8 Å². The van der Waals surface area contributed by atoms with Crippen molar-refractivity contribution in [2.24, 2.45) is 5.92 Å². The number of para-hydroxylation sites is 1. The van der Waals surface area contributed by atoms with E-state index in [2.05, 4.69) is 20.9 Å². The number of aromatic amines is 1. The number of benzene rings is 2. The SMILES string of the molecule is O=S(=O)(c1ccc(F)c(Cl)c1)N1Cc2ccccc2N(Cc2cnc[nH]2)[C@H](CCC2CCCC2)C1. The highest BCUT2D eigenvalue weighted by Gasteiger charge is 2.35. The van der Waals surface area contributed by atoms with Gasteiger partial charge in [0.15, 0.2) is 0 Å². The Balaban J connectivity index is 1.52. The molecular formula is C26H30ClFN4O2S. The molecule has 3 aromatic rings. The Bertz CT molecular complexity index is 1260. The summed E-state index contributed by atoms with van der Waals surface area (Å²) in [7, 11) is -3.89. The fraction of sp³-hybridized carbons (Fsp3) is 0.423. The van der Waals surface area contributed by atoms with E-state index < -0.39 is 15.8 Å². The Kier molecular flexibility index (Phi) is 7.14. The molecule has 0 amide bonds. The summed E-state index contributed by atoms with van der Waals surface area (Å²) in [5.74, 6) is 0.0652. The molecule has 1 aromatic heterocycles. The summed E-state index contributed by atoms with van der Waals surface area (Å²) in [6.45, 7) is 1.20. The number of aromatic nitrogens is 2. The summed E-state index contributed by atoms with van der Waals surface area (Å²) in [4.78, 5) is 9.71. The van der Waals surface area contributed by atoms with E-state index in [9.17, 15) is 12.8 Å². The first kappa shape index (κ1) is 24.3. The normalized spacial score (nSPS) is 19.6. The molecule has 1 aliphatic heterocycles. The van der Waals surface area contributed by atoms with Crippen molar-refractivity contribution in [1.82, 2.24) is 14.3 Å². The van der Waals surface area contributed by atoms with Crippen molar-refractivity contribution in [3.63, 3.8) is 0 Å². The second-order valence-corrected chi connectivity index (χ2v) is 11.9. The lowest BCUT2D eigenvalue weighted by Crippen LogP contribution is -2.43. The lowest BCUT2D eigenvalue weighted by atomic mass is 9.97.